The van der Waals surface area contributed by atoms with Crippen LogP contribution in [0, 0.1) is 6.92 Å². The van der Waals surface area contributed by atoms with Gasteiger partial charge in [-0.25, -0.2) is 0 Å². The molecule has 3 rings (SSSR count). The highest BCUT2D eigenvalue weighted by Crippen LogP contribution is 2.22. The van der Waals surface area contributed by atoms with Crippen LogP contribution < -0.4 is 5.32 Å². The summed E-state index contributed by atoms with van der Waals surface area (Å²) in [6, 6.07) is 12.4. The minimum absolute atomic E-state index is 0.272. The lowest BCUT2D eigenvalue weighted by Gasteiger charge is -2.08. The lowest BCUT2D eigenvalue weighted by atomic mass is 10.0. The number of carbonyl (C=O) groups is 3. The van der Waals surface area contributed by atoms with Gasteiger partial charge in [0.05, 0.1) is 11.1 Å². The Hall–Kier alpha value is -2.95. The van der Waals surface area contributed by atoms with Crippen molar-refractivity contribution >= 4 is 17.7 Å². The molecule has 2 aromatic rings. The monoisotopic (exact) mass is 308 g/mol. The summed E-state index contributed by atoms with van der Waals surface area (Å²) >= 11 is 0. The molecule has 5 nitrogen and oxygen atoms in total. The molecule has 116 valence electrons. The molecule has 0 unspecified atom stereocenters. The standard InChI is InChI=1S/C18H16N2O3/c1-11-5-3-4-6-13(11)10-19-16(21)12-7-8-14-15(9-12)18(23)20(2)17(14)22/h3-9H,10H2,1-2H3,(H,19,21). The Bertz CT molecular complexity index is 827. The fourth-order valence-electron chi connectivity index (χ4n) is 2.59. The molecule has 0 aromatic heterocycles. The highest BCUT2D eigenvalue weighted by molar-refractivity contribution is 6.21. The van der Waals surface area contributed by atoms with E-state index in [0.717, 1.165) is 16.0 Å². The highest BCUT2D eigenvalue weighted by atomic mass is 16.2. The number of hydrogen-bond acceptors (Lipinski definition) is 3. The molecule has 0 radical (unpaired) electrons. The quantitative estimate of drug-likeness (QED) is 0.884. The first-order chi connectivity index (χ1) is 11.0. The summed E-state index contributed by atoms with van der Waals surface area (Å²) in [5.41, 5.74) is 3.12. The van der Waals surface area contributed by atoms with Crippen molar-refractivity contribution in [1.82, 2.24) is 10.2 Å². The number of rotatable bonds is 3. The molecule has 23 heavy (non-hydrogen) atoms. The first-order valence-corrected chi connectivity index (χ1v) is 7.28. The van der Waals surface area contributed by atoms with Gasteiger partial charge in [0.25, 0.3) is 17.7 Å². The molecule has 0 spiro atoms. The zero-order valence-electron chi connectivity index (χ0n) is 12.9. The largest absolute Gasteiger partial charge is 0.348 e. The minimum Gasteiger partial charge on any atom is -0.348 e. The molecule has 0 atom stereocenters. The first kappa shape index (κ1) is 15.0. The van der Waals surface area contributed by atoms with E-state index < -0.39 is 0 Å². The number of nitrogens with one attached hydrogen (secondary N) is 1. The smallest absolute Gasteiger partial charge is 0.261 e. The van der Waals surface area contributed by atoms with E-state index in [1.165, 1.54) is 19.2 Å². The van der Waals surface area contributed by atoms with Gasteiger partial charge in [-0.3, -0.25) is 19.3 Å². The van der Waals surface area contributed by atoms with E-state index in [-0.39, 0.29) is 23.3 Å². The number of nitrogens with zero attached hydrogens (tertiary/aromatic N) is 1. The van der Waals surface area contributed by atoms with Gasteiger partial charge in [-0.15, -0.1) is 0 Å². The van der Waals surface area contributed by atoms with Crippen LogP contribution in [0.25, 0.3) is 0 Å². The van der Waals surface area contributed by atoms with Crippen molar-refractivity contribution in [3.05, 3.63) is 70.3 Å². The number of fused-ring (bicyclic) bond motifs is 1. The van der Waals surface area contributed by atoms with Crippen molar-refractivity contribution in [1.29, 1.82) is 0 Å². The van der Waals surface area contributed by atoms with Crippen molar-refractivity contribution in [3.63, 3.8) is 0 Å². The summed E-state index contributed by atoms with van der Waals surface area (Å²) in [5.74, 6) is -0.985. The maximum absolute atomic E-state index is 12.3. The van der Waals surface area contributed by atoms with Gasteiger partial charge in [-0.2, -0.15) is 0 Å². The van der Waals surface area contributed by atoms with Gasteiger partial charge in [0.2, 0.25) is 0 Å². The summed E-state index contributed by atoms with van der Waals surface area (Å²) in [6.07, 6.45) is 0. The topological polar surface area (TPSA) is 66.5 Å². The van der Waals surface area contributed by atoms with Crippen LogP contribution in [0.1, 0.15) is 42.2 Å². The lowest BCUT2D eigenvalue weighted by molar-refractivity contribution is 0.0693. The molecule has 0 aliphatic carbocycles. The molecule has 1 aliphatic rings. The van der Waals surface area contributed by atoms with Crippen LogP contribution in [-0.2, 0) is 6.54 Å². The van der Waals surface area contributed by atoms with E-state index in [9.17, 15) is 14.4 Å². The molecule has 1 N–H and O–H groups in total. The van der Waals surface area contributed by atoms with Crippen molar-refractivity contribution in [2.24, 2.45) is 0 Å². The number of carbonyl (C=O) groups excluding carboxylic acids is 3. The minimum atomic E-state index is -0.376. The van der Waals surface area contributed by atoms with Crippen molar-refractivity contribution in [3.8, 4) is 0 Å². The third-order valence-corrected chi connectivity index (χ3v) is 4.05. The number of aryl methyl sites for hydroxylation is 1. The van der Waals surface area contributed by atoms with Crippen LogP contribution in [0.4, 0.5) is 0 Å². The summed E-state index contributed by atoms with van der Waals surface area (Å²) in [5, 5.41) is 2.84. The summed E-state index contributed by atoms with van der Waals surface area (Å²) in [7, 11) is 1.43. The van der Waals surface area contributed by atoms with Gasteiger partial charge in [0, 0.05) is 19.2 Å². The Morgan fingerprint density at radius 2 is 1.74 bits per heavy atom. The highest BCUT2D eigenvalue weighted by Gasteiger charge is 2.33. The molecular formula is C18H16N2O3. The fraction of sp³-hybridized carbons (Fsp3) is 0.167. The van der Waals surface area contributed by atoms with Crippen LogP contribution >= 0.6 is 0 Å². The van der Waals surface area contributed by atoms with E-state index in [4.69, 9.17) is 0 Å². The van der Waals surface area contributed by atoms with Crippen molar-refractivity contribution in [2.45, 2.75) is 13.5 Å². The van der Waals surface area contributed by atoms with Crippen LogP contribution in [0.15, 0.2) is 42.5 Å². The Morgan fingerprint density at radius 3 is 2.48 bits per heavy atom. The van der Waals surface area contributed by atoms with Crippen LogP contribution in [0.2, 0.25) is 0 Å². The van der Waals surface area contributed by atoms with E-state index >= 15 is 0 Å². The Labute approximate surface area is 133 Å². The van der Waals surface area contributed by atoms with E-state index in [1.54, 1.807) is 6.07 Å². The second-order valence-corrected chi connectivity index (χ2v) is 5.54. The lowest BCUT2D eigenvalue weighted by Crippen LogP contribution is -2.24. The fourth-order valence-corrected chi connectivity index (χ4v) is 2.59. The normalized spacial score (nSPS) is 13.2. The first-order valence-electron chi connectivity index (χ1n) is 7.28. The van der Waals surface area contributed by atoms with Gasteiger partial charge in [0.15, 0.2) is 0 Å². The average Bonchev–Trinajstić information content (AvgIpc) is 2.78. The number of imide groups is 1. The van der Waals surface area contributed by atoms with E-state index in [2.05, 4.69) is 5.32 Å². The number of hydrogen-bond donors (Lipinski definition) is 1. The van der Waals surface area contributed by atoms with Crippen LogP contribution in [0.5, 0.6) is 0 Å². The Balaban J connectivity index is 1.78. The van der Waals surface area contributed by atoms with E-state index in [0.29, 0.717) is 17.7 Å². The van der Waals surface area contributed by atoms with Crippen LogP contribution in [-0.4, -0.2) is 29.7 Å². The maximum Gasteiger partial charge on any atom is 0.261 e. The molecule has 0 saturated heterocycles. The summed E-state index contributed by atoms with van der Waals surface area (Å²) in [6.45, 7) is 2.40. The summed E-state index contributed by atoms with van der Waals surface area (Å²) in [4.78, 5) is 37.2. The third-order valence-electron chi connectivity index (χ3n) is 4.05. The predicted molar refractivity (Wildman–Crippen MR) is 85.2 cm³/mol. The van der Waals surface area contributed by atoms with Crippen molar-refractivity contribution in [2.75, 3.05) is 7.05 Å². The molecule has 0 bridgehead atoms. The molecule has 5 heteroatoms. The molecule has 0 fully saturated rings. The Kier molecular flexibility index (Phi) is 3.70. The molecular weight excluding hydrogens is 292 g/mol. The van der Waals surface area contributed by atoms with Crippen LogP contribution in [0.3, 0.4) is 0 Å². The second-order valence-electron chi connectivity index (χ2n) is 5.54. The average molecular weight is 308 g/mol. The SMILES string of the molecule is Cc1ccccc1CNC(=O)c1ccc2c(c1)C(=O)N(C)C2=O. The maximum atomic E-state index is 12.3. The molecule has 0 saturated carbocycles. The van der Waals surface area contributed by atoms with Gasteiger partial charge in [-0.1, -0.05) is 24.3 Å². The predicted octanol–water partition coefficient (Wildman–Crippen LogP) is 2.15. The molecule has 3 amide bonds. The molecule has 2 aromatic carbocycles. The van der Waals surface area contributed by atoms with E-state index in [1.807, 2.05) is 31.2 Å². The molecule has 1 aliphatic heterocycles. The summed E-state index contributed by atoms with van der Waals surface area (Å²) < 4.78 is 0. The Morgan fingerprint density at radius 1 is 1.04 bits per heavy atom. The third kappa shape index (κ3) is 2.61. The molecule has 1 heterocycles. The number of amides is 3. The van der Waals surface area contributed by atoms with Gasteiger partial charge < -0.3 is 5.32 Å². The second kappa shape index (κ2) is 5.68. The van der Waals surface area contributed by atoms with Gasteiger partial charge >= 0.3 is 0 Å². The zero-order chi connectivity index (χ0) is 16.6. The van der Waals surface area contributed by atoms with Gasteiger partial charge in [-0.05, 0) is 36.2 Å². The van der Waals surface area contributed by atoms with Crippen molar-refractivity contribution < 1.29 is 14.4 Å². The van der Waals surface area contributed by atoms with Gasteiger partial charge in [0.1, 0.15) is 0 Å². The zero-order valence-corrected chi connectivity index (χ0v) is 12.9. The number of benzene rings is 2.